The predicted molar refractivity (Wildman–Crippen MR) is 56.4 cm³/mol. The summed E-state index contributed by atoms with van der Waals surface area (Å²) in [7, 11) is 0. The van der Waals surface area contributed by atoms with Crippen molar-refractivity contribution in [3.8, 4) is 0 Å². The summed E-state index contributed by atoms with van der Waals surface area (Å²) in [5, 5.41) is 2.76. The van der Waals surface area contributed by atoms with Gasteiger partial charge in [0, 0.05) is 6.04 Å². The van der Waals surface area contributed by atoms with Crippen molar-refractivity contribution in [3.63, 3.8) is 0 Å². The van der Waals surface area contributed by atoms with Crippen molar-refractivity contribution in [1.29, 1.82) is 0 Å². The third-order valence-electron chi connectivity index (χ3n) is 1.54. The van der Waals surface area contributed by atoms with Crippen LogP contribution in [0.25, 0.3) is 0 Å². The van der Waals surface area contributed by atoms with Gasteiger partial charge < -0.3 is 15.5 Å². The van der Waals surface area contributed by atoms with Crippen LogP contribution in [-0.2, 0) is 6.54 Å². The van der Waals surface area contributed by atoms with Crippen LogP contribution in [0.5, 0.6) is 0 Å². The first kappa shape index (κ1) is 13.0. The number of amides is 1. The number of furan rings is 1. The van der Waals surface area contributed by atoms with Crippen molar-refractivity contribution in [2.24, 2.45) is 5.73 Å². The molecule has 14 heavy (non-hydrogen) atoms. The van der Waals surface area contributed by atoms with Crippen LogP contribution in [0.15, 0.2) is 16.7 Å². The third kappa shape index (κ3) is 3.40. The summed E-state index contributed by atoms with van der Waals surface area (Å²) in [5.41, 5.74) is 5.86. The second-order valence-electron chi connectivity index (χ2n) is 3.13. The average Bonchev–Trinajstić information content (AvgIpc) is 2.50. The number of hydrogen-bond acceptors (Lipinski definition) is 3. The molecule has 3 N–H and O–H groups in total. The van der Waals surface area contributed by atoms with Gasteiger partial charge in [-0.1, -0.05) is 0 Å². The number of hydrogen-bond donors (Lipinski definition) is 2. The quantitative estimate of drug-likeness (QED) is 0.804. The lowest BCUT2D eigenvalue weighted by molar-refractivity contribution is 0.0942. The molecule has 0 aliphatic carbocycles. The Hall–Kier alpha value is -1.00. The van der Waals surface area contributed by atoms with Gasteiger partial charge in [0.05, 0.1) is 12.1 Å². The van der Waals surface area contributed by atoms with Gasteiger partial charge in [-0.25, -0.2) is 0 Å². The number of carbonyl (C=O) groups excluding carboxylic acids is 1. The summed E-state index contributed by atoms with van der Waals surface area (Å²) >= 11 is 0. The lowest BCUT2D eigenvalue weighted by Crippen LogP contribution is -2.29. The fraction of sp³-hybridized carbons (Fsp3) is 0.444. The smallest absolute Gasteiger partial charge is 0.254 e. The first-order valence-electron chi connectivity index (χ1n) is 4.22. The zero-order chi connectivity index (χ0) is 9.84. The zero-order valence-electron chi connectivity index (χ0n) is 8.24. The lowest BCUT2D eigenvalue weighted by Gasteiger charge is -2.05. The lowest BCUT2D eigenvalue weighted by atomic mass is 10.2. The van der Waals surface area contributed by atoms with Crippen LogP contribution < -0.4 is 11.1 Å². The average molecular weight is 219 g/mol. The molecule has 1 rings (SSSR count). The van der Waals surface area contributed by atoms with E-state index in [0.717, 1.165) is 0 Å². The van der Waals surface area contributed by atoms with E-state index >= 15 is 0 Å². The fourth-order valence-corrected chi connectivity index (χ4v) is 0.952. The number of carbonyl (C=O) groups is 1. The van der Waals surface area contributed by atoms with E-state index in [1.807, 2.05) is 13.8 Å². The molecule has 0 aromatic carbocycles. The number of nitrogens with one attached hydrogen (secondary N) is 1. The van der Waals surface area contributed by atoms with Crippen LogP contribution in [0.1, 0.15) is 30.0 Å². The van der Waals surface area contributed by atoms with E-state index in [-0.39, 0.29) is 24.4 Å². The van der Waals surface area contributed by atoms with Crippen LogP contribution in [0, 0.1) is 0 Å². The molecule has 1 aromatic heterocycles. The first-order chi connectivity index (χ1) is 6.13. The minimum absolute atomic E-state index is 0. The van der Waals surface area contributed by atoms with Crippen LogP contribution in [0.2, 0.25) is 0 Å². The van der Waals surface area contributed by atoms with Crippen molar-refractivity contribution < 1.29 is 9.21 Å². The Labute approximate surface area is 89.3 Å². The van der Waals surface area contributed by atoms with E-state index in [1.165, 1.54) is 6.26 Å². The molecule has 80 valence electrons. The molecule has 0 atom stereocenters. The maximum Gasteiger partial charge on any atom is 0.254 e. The Morgan fingerprint density at radius 3 is 2.71 bits per heavy atom. The largest absolute Gasteiger partial charge is 0.467 e. The van der Waals surface area contributed by atoms with E-state index in [0.29, 0.717) is 17.9 Å². The van der Waals surface area contributed by atoms with Gasteiger partial charge in [0.25, 0.3) is 5.91 Å². The topological polar surface area (TPSA) is 68.3 Å². The molecule has 0 fully saturated rings. The Morgan fingerprint density at radius 2 is 2.29 bits per heavy atom. The molecule has 0 bridgehead atoms. The van der Waals surface area contributed by atoms with Crippen LogP contribution in [-0.4, -0.2) is 11.9 Å². The van der Waals surface area contributed by atoms with Gasteiger partial charge in [-0.15, -0.1) is 12.4 Å². The zero-order valence-corrected chi connectivity index (χ0v) is 9.06. The summed E-state index contributed by atoms with van der Waals surface area (Å²) < 4.78 is 5.03. The second kappa shape index (κ2) is 5.67. The molecule has 1 aromatic rings. The van der Waals surface area contributed by atoms with Gasteiger partial charge in [-0.3, -0.25) is 4.79 Å². The van der Waals surface area contributed by atoms with Crippen LogP contribution in [0.4, 0.5) is 0 Å². The van der Waals surface area contributed by atoms with E-state index in [2.05, 4.69) is 5.32 Å². The van der Waals surface area contributed by atoms with Crippen molar-refractivity contribution in [2.45, 2.75) is 26.4 Å². The molecule has 4 nitrogen and oxygen atoms in total. The minimum Gasteiger partial charge on any atom is -0.467 e. The van der Waals surface area contributed by atoms with Crippen LogP contribution in [0.3, 0.4) is 0 Å². The van der Waals surface area contributed by atoms with Crippen molar-refractivity contribution in [2.75, 3.05) is 0 Å². The van der Waals surface area contributed by atoms with Crippen molar-refractivity contribution in [1.82, 2.24) is 5.32 Å². The summed E-state index contributed by atoms with van der Waals surface area (Å²) in [6.07, 6.45) is 1.42. The summed E-state index contributed by atoms with van der Waals surface area (Å²) in [6, 6.07) is 1.78. The van der Waals surface area contributed by atoms with Gasteiger partial charge >= 0.3 is 0 Å². The molecule has 5 heteroatoms. The molecule has 1 amide bonds. The number of rotatable bonds is 3. The maximum atomic E-state index is 11.4. The maximum absolute atomic E-state index is 11.4. The highest BCUT2D eigenvalue weighted by atomic mass is 35.5. The molecule has 0 aliphatic rings. The number of halogens is 1. The Balaban J connectivity index is 0.00000169. The highest BCUT2D eigenvalue weighted by molar-refractivity contribution is 5.94. The molecule has 0 radical (unpaired) electrons. The normalized spacial score (nSPS) is 9.71. The molecule has 0 saturated heterocycles. The van der Waals surface area contributed by atoms with Crippen molar-refractivity contribution in [3.05, 3.63) is 23.7 Å². The molecular formula is C9H15ClN2O2. The molecule has 1 heterocycles. The van der Waals surface area contributed by atoms with E-state index in [4.69, 9.17) is 10.2 Å². The summed E-state index contributed by atoms with van der Waals surface area (Å²) in [5.74, 6) is 0.493. The van der Waals surface area contributed by atoms with Crippen LogP contribution >= 0.6 is 12.4 Å². The Bertz CT molecular complexity index is 297. The molecule has 0 aliphatic heterocycles. The predicted octanol–water partition coefficient (Wildman–Crippen LogP) is 1.30. The van der Waals surface area contributed by atoms with Gasteiger partial charge in [0.2, 0.25) is 0 Å². The van der Waals surface area contributed by atoms with Gasteiger partial charge in [0.15, 0.2) is 0 Å². The van der Waals surface area contributed by atoms with Gasteiger partial charge in [0.1, 0.15) is 12.0 Å². The fourth-order valence-electron chi connectivity index (χ4n) is 0.952. The third-order valence-corrected chi connectivity index (χ3v) is 1.54. The second-order valence-corrected chi connectivity index (χ2v) is 3.13. The molecule has 0 spiro atoms. The van der Waals surface area contributed by atoms with Gasteiger partial charge in [-0.05, 0) is 19.9 Å². The standard InChI is InChI=1S/C9H14N2O2.ClH/c1-6(2)11-9(12)7-3-8(4-10)13-5-7;/h3,5-6H,4,10H2,1-2H3,(H,11,12);1H. The van der Waals surface area contributed by atoms with E-state index in [1.54, 1.807) is 6.07 Å². The summed E-state index contributed by atoms with van der Waals surface area (Å²) in [4.78, 5) is 11.4. The SMILES string of the molecule is CC(C)NC(=O)c1coc(CN)c1.Cl. The highest BCUT2D eigenvalue weighted by Gasteiger charge is 2.09. The summed E-state index contributed by atoms with van der Waals surface area (Å²) in [6.45, 7) is 4.12. The first-order valence-corrected chi connectivity index (χ1v) is 4.22. The van der Waals surface area contributed by atoms with E-state index < -0.39 is 0 Å². The Morgan fingerprint density at radius 1 is 1.64 bits per heavy atom. The minimum atomic E-state index is -0.126. The number of nitrogens with two attached hydrogens (primary N) is 1. The van der Waals surface area contributed by atoms with Crippen molar-refractivity contribution >= 4 is 18.3 Å². The highest BCUT2D eigenvalue weighted by Crippen LogP contribution is 2.06. The molecule has 0 saturated carbocycles. The molecule has 0 unspecified atom stereocenters. The van der Waals surface area contributed by atoms with Gasteiger partial charge in [-0.2, -0.15) is 0 Å². The molecular weight excluding hydrogens is 204 g/mol. The Kier molecular flexibility index (Phi) is 5.27. The van der Waals surface area contributed by atoms with E-state index in [9.17, 15) is 4.79 Å². The monoisotopic (exact) mass is 218 g/mol.